The van der Waals surface area contributed by atoms with Gasteiger partial charge in [0.25, 0.3) is 0 Å². The summed E-state index contributed by atoms with van der Waals surface area (Å²) in [5, 5.41) is 0. The fraction of sp³-hybridized carbons (Fsp3) is 0.429. The van der Waals surface area contributed by atoms with Crippen LogP contribution in [0.3, 0.4) is 0 Å². The molecule has 1 N–H and O–H groups in total. The van der Waals surface area contributed by atoms with Gasteiger partial charge in [-0.3, -0.25) is 4.90 Å². The number of nitrogens with one attached hydrogen (secondary N) is 1. The molecule has 0 radical (unpaired) electrons. The minimum absolute atomic E-state index is 0.120. The second-order valence-electron chi connectivity index (χ2n) is 6.81. The Hall–Kier alpha value is -1.65. The standard InChI is InChI=1S/C21H27BrN2O5S/c1-3-29-20-9-6-17(22)14-21(20)30(25,26)23-15-19(24-10-12-28-13-11-24)16-4-7-18(27-2)8-5-16/h4-9,14,19,23H,3,10-13,15H2,1-2H3/t19-/m0/s1. The summed E-state index contributed by atoms with van der Waals surface area (Å²) in [6, 6.07) is 12.6. The van der Waals surface area contributed by atoms with Gasteiger partial charge in [-0.15, -0.1) is 0 Å². The maximum Gasteiger partial charge on any atom is 0.244 e. The molecule has 0 saturated carbocycles. The summed E-state index contributed by atoms with van der Waals surface area (Å²) >= 11 is 3.35. The maximum absolute atomic E-state index is 13.1. The molecule has 2 aromatic rings. The molecule has 164 valence electrons. The van der Waals surface area contributed by atoms with E-state index in [2.05, 4.69) is 25.6 Å². The SMILES string of the molecule is CCOc1ccc(Br)cc1S(=O)(=O)NC[C@@H](c1ccc(OC)cc1)N1CCOCC1. The van der Waals surface area contributed by atoms with Gasteiger partial charge in [-0.05, 0) is 42.8 Å². The van der Waals surface area contributed by atoms with E-state index in [1.54, 1.807) is 25.3 Å². The number of rotatable bonds is 9. The molecule has 3 rings (SSSR count). The second-order valence-corrected chi connectivity index (χ2v) is 9.46. The Labute approximate surface area is 186 Å². The van der Waals surface area contributed by atoms with Crippen molar-refractivity contribution in [2.45, 2.75) is 17.9 Å². The van der Waals surface area contributed by atoms with Gasteiger partial charge in [0.15, 0.2) is 0 Å². The van der Waals surface area contributed by atoms with Gasteiger partial charge in [0.05, 0.1) is 26.9 Å². The fourth-order valence-electron chi connectivity index (χ4n) is 3.41. The molecule has 9 heteroatoms. The normalized spacial score (nSPS) is 16.2. The molecule has 0 aromatic heterocycles. The molecule has 0 spiro atoms. The number of morpholine rings is 1. The summed E-state index contributed by atoms with van der Waals surface area (Å²) in [4.78, 5) is 2.35. The predicted octanol–water partition coefficient (Wildman–Crippen LogP) is 3.21. The van der Waals surface area contributed by atoms with Crippen molar-refractivity contribution in [2.24, 2.45) is 0 Å². The fourth-order valence-corrected chi connectivity index (χ4v) is 5.13. The summed E-state index contributed by atoms with van der Waals surface area (Å²) in [6.07, 6.45) is 0. The Morgan fingerprint density at radius 3 is 2.50 bits per heavy atom. The average molecular weight is 499 g/mol. The molecule has 7 nitrogen and oxygen atoms in total. The number of hydrogen-bond donors (Lipinski definition) is 1. The van der Waals surface area contributed by atoms with Crippen molar-refractivity contribution in [3.63, 3.8) is 0 Å². The van der Waals surface area contributed by atoms with E-state index in [1.165, 1.54) is 0 Å². The van der Waals surface area contributed by atoms with E-state index in [9.17, 15) is 8.42 Å². The van der Waals surface area contributed by atoms with Gasteiger partial charge in [-0.25, -0.2) is 13.1 Å². The highest BCUT2D eigenvalue weighted by molar-refractivity contribution is 9.10. The van der Waals surface area contributed by atoms with Gasteiger partial charge >= 0.3 is 0 Å². The first kappa shape index (κ1) is 23.0. The van der Waals surface area contributed by atoms with Crippen LogP contribution in [0.1, 0.15) is 18.5 Å². The number of sulfonamides is 1. The van der Waals surface area contributed by atoms with Crippen LogP contribution in [0, 0.1) is 0 Å². The van der Waals surface area contributed by atoms with Crippen molar-refractivity contribution < 1.29 is 22.6 Å². The molecule has 1 aliphatic rings. The Morgan fingerprint density at radius 2 is 1.87 bits per heavy atom. The lowest BCUT2D eigenvalue weighted by molar-refractivity contribution is 0.0172. The zero-order valence-electron chi connectivity index (χ0n) is 17.1. The molecule has 0 unspecified atom stereocenters. The number of nitrogens with zero attached hydrogens (tertiary/aromatic N) is 1. The molecule has 0 amide bonds. The van der Waals surface area contributed by atoms with Crippen LogP contribution in [0.25, 0.3) is 0 Å². The highest BCUT2D eigenvalue weighted by atomic mass is 79.9. The van der Waals surface area contributed by atoms with Crippen molar-refractivity contribution in [3.05, 3.63) is 52.5 Å². The number of halogens is 1. The Morgan fingerprint density at radius 1 is 1.17 bits per heavy atom. The smallest absolute Gasteiger partial charge is 0.244 e. The van der Waals surface area contributed by atoms with Crippen molar-refractivity contribution in [3.8, 4) is 11.5 Å². The Kier molecular flexibility index (Phi) is 8.13. The van der Waals surface area contributed by atoms with Gasteiger partial charge in [-0.2, -0.15) is 0 Å². The van der Waals surface area contributed by atoms with Gasteiger partial charge in [0.2, 0.25) is 10.0 Å². The van der Waals surface area contributed by atoms with Gasteiger partial charge < -0.3 is 14.2 Å². The van der Waals surface area contributed by atoms with E-state index in [4.69, 9.17) is 14.2 Å². The zero-order chi connectivity index (χ0) is 21.6. The van der Waals surface area contributed by atoms with Crippen LogP contribution in [-0.4, -0.2) is 59.9 Å². The van der Waals surface area contributed by atoms with E-state index in [-0.39, 0.29) is 17.5 Å². The highest BCUT2D eigenvalue weighted by Gasteiger charge is 2.26. The van der Waals surface area contributed by atoms with Crippen LogP contribution in [0.4, 0.5) is 0 Å². The zero-order valence-corrected chi connectivity index (χ0v) is 19.5. The first-order valence-electron chi connectivity index (χ1n) is 9.82. The lowest BCUT2D eigenvalue weighted by atomic mass is 10.0. The van der Waals surface area contributed by atoms with Crippen molar-refractivity contribution in [1.82, 2.24) is 9.62 Å². The van der Waals surface area contributed by atoms with Gasteiger partial charge in [-0.1, -0.05) is 28.1 Å². The summed E-state index contributed by atoms with van der Waals surface area (Å²) in [5.41, 5.74) is 1.01. The lowest BCUT2D eigenvalue weighted by Gasteiger charge is -2.35. The highest BCUT2D eigenvalue weighted by Crippen LogP contribution is 2.29. The van der Waals surface area contributed by atoms with E-state index < -0.39 is 10.0 Å². The predicted molar refractivity (Wildman–Crippen MR) is 119 cm³/mol. The van der Waals surface area contributed by atoms with Crippen LogP contribution >= 0.6 is 15.9 Å². The Balaban J connectivity index is 1.84. The summed E-state index contributed by atoms with van der Waals surface area (Å²) in [5.74, 6) is 1.09. The van der Waals surface area contributed by atoms with Crippen LogP contribution in [0.5, 0.6) is 11.5 Å². The first-order valence-corrected chi connectivity index (χ1v) is 12.1. The molecule has 0 bridgehead atoms. The molecule has 0 aliphatic carbocycles. The molecule has 30 heavy (non-hydrogen) atoms. The topological polar surface area (TPSA) is 77.1 Å². The van der Waals surface area contributed by atoms with E-state index in [0.717, 1.165) is 24.4 Å². The molecule has 1 fully saturated rings. The second kappa shape index (κ2) is 10.6. The van der Waals surface area contributed by atoms with E-state index >= 15 is 0 Å². The molecule has 1 heterocycles. The molecule has 1 saturated heterocycles. The number of methoxy groups -OCH3 is 1. The molecular weight excluding hydrogens is 472 g/mol. The van der Waals surface area contributed by atoms with Crippen LogP contribution in [-0.2, 0) is 14.8 Å². The minimum Gasteiger partial charge on any atom is -0.497 e. The van der Waals surface area contributed by atoms with E-state index in [1.807, 2.05) is 31.2 Å². The van der Waals surface area contributed by atoms with Crippen LogP contribution in [0.15, 0.2) is 51.8 Å². The third-order valence-electron chi connectivity index (χ3n) is 4.95. The van der Waals surface area contributed by atoms with Crippen molar-refractivity contribution in [2.75, 3.05) is 46.6 Å². The molecular formula is C21H27BrN2O5S. The molecule has 1 atom stereocenters. The quantitative estimate of drug-likeness (QED) is 0.571. The summed E-state index contributed by atoms with van der Waals surface area (Å²) in [7, 11) is -2.16. The third-order valence-corrected chi connectivity index (χ3v) is 6.89. The number of benzene rings is 2. The Bertz CT molecular complexity index is 931. The first-order chi connectivity index (χ1) is 14.4. The average Bonchev–Trinajstić information content (AvgIpc) is 2.76. The van der Waals surface area contributed by atoms with Crippen LogP contribution < -0.4 is 14.2 Å². The summed E-state index contributed by atoms with van der Waals surface area (Å²) < 4.78 is 46.0. The van der Waals surface area contributed by atoms with E-state index in [0.29, 0.717) is 30.0 Å². The van der Waals surface area contributed by atoms with Crippen LogP contribution in [0.2, 0.25) is 0 Å². The minimum atomic E-state index is -3.78. The van der Waals surface area contributed by atoms with Gasteiger partial charge in [0, 0.05) is 30.1 Å². The third kappa shape index (κ3) is 5.73. The monoisotopic (exact) mass is 498 g/mol. The van der Waals surface area contributed by atoms with Crippen molar-refractivity contribution >= 4 is 26.0 Å². The maximum atomic E-state index is 13.1. The van der Waals surface area contributed by atoms with Gasteiger partial charge in [0.1, 0.15) is 16.4 Å². The number of hydrogen-bond acceptors (Lipinski definition) is 6. The summed E-state index contributed by atoms with van der Waals surface area (Å²) in [6.45, 7) is 5.15. The molecule has 1 aliphatic heterocycles. The lowest BCUT2D eigenvalue weighted by Crippen LogP contribution is -2.43. The van der Waals surface area contributed by atoms with Crippen molar-refractivity contribution in [1.29, 1.82) is 0 Å². The number of ether oxygens (including phenoxy) is 3. The molecule has 2 aromatic carbocycles. The largest absolute Gasteiger partial charge is 0.497 e.